The van der Waals surface area contributed by atoms with E-state index >= 15 is 0 Å². The fourth-order valence-corrected chi connectivity index (χ4v) is 1.95. The fourth-order valence-electron chi connectivity index (χ4n) is 1.95. The van der Waals surface area contributed by atoms with E-state index in [1.54, 1.807) is 6.07 Å². The van der Waals surface area contributed by atoms with Crippen molar-refractivity contribution in [2.45, 2.75) is 19.8 Å². The van der Waals surface area contributed by atoms with Crippen LogP contribution in [0, 0.1) is 0 Å². The number of benzene rings is 1. The van der Waals surface area contributed by atoms with Gasteiger partial charge in [-0.15, -0.1) is 0 Å². The predicted octanol–water partition coefficient (Wildman–Crippen LogP) is 3.06. The Hall–Kier alpha value is -2.56. The molecule has 0 aliphatic rings. The molecule has 0 unspecified atom stereocenters. The SMILES string of the molecule is CCCc1ccccc1Nc1nc(C(=O)O)ccc1N. The van der Waals surface area contributed by atoms with Gasteiger partial charge in [0.05, 0.1) is 5.69 Å². The molecule has 0 saturated heterocycles. The first kappa shape index (κ1) is 13.9. The molecule has 1 aromatic carbocycles. The quantitative estimate of drug-likeness (QED) is 0.777. The molecule has 5 nitrogen and oxygen atoms in total. The van der Waals surface area contributed by atoms with Crippen molar-refractivity contribution in [3.05, 3.63) is 47.7 Å². The molecule has 0 radical (unpaired) electrons. The summed E-state index contributed by atoms with van der Waals surface area (Å²) >= 11 is 0. The van der Waals surface area contributed by atoms with E-state index in [9.17, 15) is 4.79 Å². The fraction of sp³-hybridized carbons (Fsp3) is 0.200. The van der Waals surface area contributed by atoms with Gasteiger partial charge in [0, 0.05) is 5.69 Å². The van der Waals surface area contributed by atoms with E-state index in [2.05, 4.69) is 17.2 Å². The number of carboxylic acid groups (broad SMARTS) is 1. The Labute approximate surface area is 117 Å². The molecule has 1 aromatic heterocycles. The van der Waals surface area contributed by atoms with Crippen molar-refractivity contribution in [1.82, 2.24) is 4.98 Å². The lowest BCUT2D eigenvalue weighted by molar-refractivity contribution is 0.0690. The van der Waals surface area contributed by atoms with Crippen molar-refractivity contribution in [1.29, 1.82) is 0 Å². The normalized spacial score (nSPS) is 10.2. The average Bonchev–Trinajstić information content (AvgIpc) is 2.43. The molecule has 0 amide bonds. The molecule has 0 aliphatic carbocycles. The summed E-state index contributed by atoms with van der Waals surface area (Å²) in [6.45, 7) is 2.11. The van der Waals surface area contributed by atoms with Crippen LogP contribution in [0.1, 0.15) is 29.4 Å². The first-order valence-corrected chi connectivity index (χ1v) is 6.46. The topological polar surface area (TPSA) is 88.2 Å². The minimum absolute atomic E-state index is 0.0327. The summed E-state index contributed by atoms with van der Waals surface area (Å²) in [7, 11) is 0. The number of carboxylic acids is 1. The Morgan fingerprint density at radius 3 is 2.75 bits per heavy atom. The lowest BCUT2D eigenvalue weighted by Gasteiger charge is -2.12. The molecule has 20 heavy (non-hydrogen) atoms. The zero-order chi connectivity index (χ0) is 14.5. The summed E-state index contributed by atoms with van der Waals surface area (Å²) in [6.07, 6.45) is 1.96. The van der Waals surface area contributed by atoms with Gasteiger partial charge < -0.3 is 16.2 Å². The van der Waals surface area contributed by atoms with Gasteiger partial charge in [-0.1, -0.05) is 31.5 Å². The second kappa shape index (κ2) is 6.06. The summed E-state index contributed by atoms with van der Waals surface area (Å²) in [5, 5.41) is 12.1. The van der Waals surface area contributed by atoms with Gasteiger partial charge >= 0.3 is 5.97 Å². The Morgan fingerprint density at radius 1 is 1.30 bits per heavy atom. The van der Waals surface area contributed by atoms with E-state index in [1.807, 2.05) is 24.3 Å². The summed E-state index contributed by atoms with van der Waals surface area (Å²) in [6, 6.07) is 10.8. The molecule has 4 N–H and O–H groups in total. The van der Waals surface area contributed by atoms with E-state index in [1.165, 1.54) is 6.07 Å². The van der Waals surface area contributed by atoms with E-state index in [0.29, 0.717) is 11.5 Å². The Balaban J connectivity index is 2.34. The number of carbonyl (C=O) groups is 1. The van der Waals surface area contributed by atoms with Gasteiger partial charge in [-0.25, -0.2) is 9.78 Å². The Bertz CT molecular complexity index is 626. The number of nitrogens with two attached hydrogens (primary N) is 1. The number of para-hydroxylation sites is 1. The van der Waals surface area contributed by atoms with Crippen LogP contribution in [0.5, 0.6) is 0 Å². The number of nitrogens with zero attached hydrogens (tertiary/aromatic N) is 1. The number of anilines is 3. The van der Waals surface area contributed by atoms with Crippen LogP contribution in [0.2, 0.25) is 0 Å². The van der Waals surface area contributed by atoms with Crippen molar-refractivity contribution in [2.24, 2.45) is 0 Å². The third kappa shape index (κ3) is 3.06. The number of aromatic carboxylic acids is 1. The molecular weight excluding hydrogens is 254 g/mol. The molecule has 2 rings (SSSR count). The summed E-state index contributed by atoms with van der Waals surface area (Å²) in [5.74, 6) is -0.705. The molecule has 2 aromatic rings. The summed E-state index contributed by atoms with van der Waals surface area (Å²) in [5.41, 5.74) is 8.28. The minimum atomic E-state index is -1.07. The molecule has 0 fully saturated rings. The van der Waals surface area contributed by atoms with Gasteiger partial charge in [0.2, 0.25) is 0 Å². The van der Waals surface area contributed by atoms with Crippen LogP contribution in [0.25, 0.3) is 0 Å². The highest BCUT2D eigenvalue weighted by Crippen LogP contribution is 2.24. The van der Waals surface area contributed by atoms with Crippen LogP contribution in [0.15, 0.2) is 36.4 Å². The number of hydrogen-bond donors (Lipinski definition) is 3. The Kier molecular flexibility index (Phi) is 4.20. The smallest absolute Gasteiger partial charge is 0.354 e. The number of nitrogens with one attached hydrogen (secondary N) is 1. The van der Waals surface area contributed by atoms with Crippen molar-refractivity contribution in [3.63, 3.8) is 0 Å². The third-order valence-corrected chi connectivity index (χ3v) is 2.94. The lowest BCUT2D eigenvalue weighted by Crippen LogP contribution is -2.06. The molecular formula is C15H17N3O2. The second-order valence-electron chi connectivity index (χ2n) is 4.47. The van der Waals surface area contributed by atoms with Crippen molar-refractivity contribution in [3.8, 4) is 0 Å². The van der Waals surface area contributed by atoms with Crippen molar-refractivity contribution < 1.29 is 9.90 Å². The van der Waals surface area contributed by atoms with Crippen LogP contribution in [-0.2, 0) is 6.42 Å². The van der Waals surface area contributed by atoms with E-state index in [0.717, 1.165) is 24.1 Å². The minimum Gasteiger partial charge on any atom is -0.477 e. The molecule has 0 spiro atoms. The average molecular weight is 271 g/mol. The maximum Gasteiger partial charge on any atom is 0.354 e. The van der Waals surface area contributed by atoms with Crippen LogP contribution in [0.4, 0.5) is 17.2 Å². The monoisotopic (exact) mass is 271 g/mol. The van der Waals surface area contributed by atoms with E-state index in [-0.39, 0.29) is 5.69 Å². The van der Waals surface area contributed by atoms with Crippen LogP contribution >= 0.6 is 0 Å². The highest BCUT2D eigenvalue weighted by Gasteiger charge is 2.10. The van der Waals surface area contributed by atoms with Gasteiger partial charge in [-0.2, -0.15) is 0 Å². The largest absolute Gasteiger partial charge is 0.477 e. The maximum absolute atomic E-state index is 11.0. The van der Waals surface area contributed by atoms with Crippen LogP contribution in [0.3, 0.4) is 0 Å². The molecule has 0 aliphatic heterocycles. The van der Waals surface area contributed by atoms with Crippen LogP contribution < -0.4 is 11.1 Å². The number of rotatable bonds is 5. The number of aryl methyl sites for hydroxylation is 1. The highest BCUT2D eigenvalue weighted by atomic mass is 16.4. The molecule has 0 atom stereocenters. The van der Waals surface area contributed by atoms with E-state index in [4.69, 9.17) is 10.8 Å². The molecule has 104 valence electrons. The maximum atomic E-state index is 11.0. The van der Waals surface area contributed by atoms with Crippen molar-refractivity contribution in [2.75, 3.05) is 11.1 Å². The zero-order valence-corrected chi connectivity index (χ0v) is 11.3. The van der Waals surface area contributed by atoms with Gasteiger partial charge in [0.25, 0.3) is 0 Å². The molecule has 0 saturated carbocycles. The summed E-state index contributed by atoms with van der Waals surface area (Å²) in [4.78, 5) is 15.0. The standard InChI is InChI=1S/C15H17N3O2/c1-2-5-10-6-3-4-7-12(10)17-14-11(16)8-9-13(18-14)15(19)20/h3-4,6-9H,2,5,16H2,1H3,(H,17,18)(H,19,20). The number of pyridine rings is 1. The number of hydrogen-bond acceptors (Lipinski definition) is 4. The number of nitrogen functional groups attached to an aromatic ring is 1. The Morgan fingerprint density at radius 2 is 2.05 bits per heavy atom. The van der Waals surface area contributed by atoms with Gasteiger partial charge in [-0.3, -0.25) is 0 Å². The van der Waals surface area contributed by atoms with Gasteiger partial charge in [-0.05, 0) is 30.2 Å². The molecule has 5 heteroatoms. The molecule has 0 bridgehead atoms. The van der Waals surface area contributed by atoms with Crippen LogP contribution in [-0.4, -0.2) is 16.1 Å². The summed E-state index contributed by atoms with van der Waals surface area (Å²) < 4.78 is 0. The van der Waals surface area contributed by atoms with E-state index < -0.39 is 5.97 Å². The first-order valence-electron chi connectivity index (χ1n) is 6.46. The van der Waals surface area contributed by atoms with Gasteiger partial charge in [0.1, 0.15) is 0 Å². The predicted molar refractivity (Wildman–Crippen MR) is 79.3 cm³/mol. The highest BCUT2D eigenvalue weighted by molar-refractivity contribution is 5.87. The molecule has 1 heterocycles. The van der Waals surface area contributed by atoms with Crippen molar-refractivity contribution >= 4 is 23.2 Å². The van der Waals surface area contributed by atoms with Gasteiger partial charge in [0.15, 0.2) is 11.5 Å². The zero-order valence-electron chi connectivity index (χ0n) is 11.3. The first-order chi connectivity index (χ1) is 9.61. The number of aromatic nitrogens is 1. The third-order valence-electron chi connectivity index (χ3n) is 2.94. The lowest BCUT2D eigenvalue weighted by atomic mass is 10.1. The second-order valence-corrected chi connectivity index (χ2v) is 4.47.